The van der Waals surface area contributed by atoms with Crippen LogP contribution in [0.3, 0.4) is 0 Å². The number of carbonyl (C=O) groups excluding carboxylic acids is 1. The molecule has 0 spiro atoms. The lowest BCUT2D eigenvalue weighted by atomic mass is 9.75. The second-order valence-corrected chi connectivity index (χ2v) is 11.1. The number of hydrogen-bond acceptors (Lipinski definition) is 9. The number of fused-ring (bicyclic) bond motifs is 6. The average molecular weight is 514 g/mol. The number of nitrogens with two attached hydrogens (primary N) is 1. The molecule has 6 aliphatic rings. The van der Waals surface area contributed by atoms with E-state index in [1.807, 2.05) is 18.2 Å². The number of benzene rings is 1. The number of nitrogens with zero attached hydrogens (tertiary/aromatic N) is 4. The topological polar surface area (TPSA) is 104 Å². The van der Waals surface area contributed by atoms with Gasteiger partial charge in [0, 0.05) is 41.9 Å². The first kappa shape index (κ1) is 22.4. The number of nitriles is 1. The van der Waals surface area contributed by atoms with Gasteiger partial charge >= 0.3 is 0 Å². The van der Waals surface area contributed by atoms with Gasteiger partial charge in [-0.25, -0.2) is 4.99 Å². The van der Waals surface area contributed by atoms with Gasteiger partial charge in [-0.05, 0) is 37.7 Å². The maximum absolute atomic E-state index is 13.6. The van der Waals surface area contributed by atoms with Crippen molar-refractivity contribution in [2.75, 3.05) is 37.1 Å². The Kier molecular flexibility index (Phi) is 4.92. The van der Waals surface area contributed by atoms with Gasteiger partial charge in [0.05, 0.1) is 42.3 Å². The van der Waals surface area contributed by atoms with Crippen LogP contribution in [0.5, 0.6) is 11.5 Å². The quantitative estimate of drug-likeness (QED) is 0.643. The van der Waals surface area contributed by atoms with Gasteiger partial charge in [-0.2, -0.15) is 5.26 Å². The van der Waals surface area contributed by atoms with Crippen LogP contribution in [0.1, 0.15) is 60.6 Å². The van der Waals surface area contributed by atoms with Crippen LogP contribution in [0.15, 0.2) is 45.9 Å². The lowest BCUT2D eigenvalue weighted by Gasteiger charge is -2.41. The number of ketones is 1. The van der Waals surface area contributed by atoms with Gasteiger partial charge in [-0.15, -0.1) is 0 Å². The molecule has 8 rings (SSSR count). The highest BCUT2D eigenvalue weighted by atomic mass is 32.1. The summed E-state index contributed by atoms with van der Waals surface area (Å²) in [6.07, 6.45) is 4.20. The number of hydrogen-bond donors (Lipinski definition) is 1. The minimum atomic E-state index is -0.600. The third-order valence-electron chi connectivity index (χ3n) is 8.38. The Labute approximate surface area is 219 Å². The van der Waals surface area contributed by atoms with Crippen molar-refractivity contribution < 1.29 is 14.3 Å². The molecule has 2 bridgehead atoms. The molecule has 5 aliphatic heterocycles. The Hall–Kier alpha value is -3.77. The number of ether oxygens (including phenoxy) is 2. The van der Waals surface area contributed by atoms with E-state index >= 15 is 0 Å². The van der Waals surface area contributed by atoms with Gasteiger partial charge in [0.25, 0.3) is 0 Å². The van der Waals surface area contributed by atoms with E-state index in [-0.39, 0.29) is 5.78 Å². The van der Waals surface area contributed by atoms with E-state index in [9.17, 15) is 10.1 Å². The second-order valence-electron chi connectivity index (χ2n) is 10.1. The number of aliphatic imine (C=N–C) groups is 1. The summed E-state index contributed by atoms with van der Waals surface area (Å²) >= 11 is 1.73. The summed E-state index contributed by atoms with van der Waals surface area (Å²) in [5.41, 5.74) is 11.7. The van der Waals surface area contributed by atoms with Crippen molar-refractivity contribution in [3.63, 3.8) is 0 Å². The minimum absolute atomic E-state index is 0.0668. The fourth-order valence-electron chi connectivity index (χ4n) is 6.80. The Morgan fingerprint density at radius 2 is 1.97 bits per heavy atom. The normalized spacial score (nSPS) is 22.2. The molecule has 1 fully saturated rings. The number of anilines is 2. The summed E-state index contributed by atoms with van der Waals surface area (Å²) in [7, 11) is 3.16. The van der Waals surface area contributed by atoms with Crippen LogP contribution in [0.4, 0.5) is 10.0 Å². The third kappa shape index (κ3) is 2.93. The fraction of sp³-hybridized carbons (Fsp3) is 0.393. The zero-order chi connectivity index (χ0) is 25.4. The number of para-hydroxylation sites is 1. The van der Waals surface area contributed by atoms with Crippen molar-refractivity contribution in [3.8, 4) is 17.6 Å². The molecule has 2 N–H and O–H groups in total. The van der Waals surface area contributed by atoms with E-state index < -0.39 is 5.92 Å². The molecule has 1 saturated heterocycles. The summed E-state index contributed by atoms with van der Waals surface area (Å²) in [5, 5.41) is 12.8. The summed E-state index contributed by atoms with van der Waals surface area (Å²) in [6.45, 7) is 2.12. The molecule has 0 radical (unpaired) electrons. The number of methoxy groups -OCH3 is 2. The summed E-state index contributed by atoms with van der Waals surface area (Å²) in [6, 6.07) is 8.01. The molecule has 1 aromatic heterocycles. The minimum Gasteiger partial charge on any atom is -0.493 e. The second kappa shape index (κ2) is 8.12. The predicted octanol–water partition coefficient (Wildman–Crippen LogP) is 4.53. The maximum Gasteiger partial charge on any atom is 0.164 e. The summed E-state index contributed by atoms with van der Waals surface area (Å²) < 4.78 is 11.3. The number of amidine groups is 1. The molecular formula is C28H27N5O3S. The summed E-state index contributed by atoms with van der Waals surface area (Å²) in [4.78, 5) is 23.1. The van der Waals surface area contributed by atoms with Crippen molar-refractivity contribution in [1.29, 1.82) is 5.26 Å². The van der Waals surface area contributed by atoms with Crippen molar-refractivity contribution in [1.82, 2.24) is 0 Å². The largest absolute Gasteiger partial charge is 0.493 e. The van der Waals surface area contributed by atoms with Crippen LogP contribution in [-0.4, -0.2) is 38.9 Å². The lowest BCUT2D eigenvalue weighted by molar-refractivity contribution is -0.116. The van der Waals surface area contributed by atoms with Crippen molar-refractivity contribution in [2.45, 2.75) is 43.9 Å². The van der Waals surface area contributed by atoms with E-state index in [1.165, 1.54) is 10.6 Å². The molecule has 8 nitrogen and oxygen atoms in total. The number of Topliss-reactive ketones (excluding diaryl/α,β-unsaturated/α-hetero) is 1. The SMILES string of the molecule is COc1cccc([C@H]2C(C#N)=C3N=C(N)c4c(sc5c4C4CCN5CC4)N3C3=C2C(=O)CCC3)c1OC. The molecule has 6 heterocycles. The van der Waals surface area contributed by atoms with E-state index in [0.717, 1.165) is 60.6 Å². The van der Waals surface area contributed by atoms with E-state index in [0.29, 0.717) is 46.6 Å². The Bertz CT molecular complexity index is 1500. The molecule has 2 aromatic rings. The highest BCUT2D eigenvalue weighted by Gasteiger charge is 2.47. The molecule has 1 aliphatic carbocycles. The Morgan fingerprint density at radius 3 is 2.70 bits per heavy atom. The monoisotopic (exact) mass is 513 g/mol. The van der Waals surface area contributed by atoms with Crippen LogP contribution in [-0.2, 0) is 4.79 Å². The van der Waals surface area contributed by atoms with Crippen molar-refractivity contribution in [3.05, 3.63) is 57.6 Å². The Balaban J connectivity index is 1.51. The van der Waals surface area contributed by atoms with Crippen LogP contribution in [0.25, 0.3) is 0 Å². The third-order valence-corrected chi connectivity index (χ3v) is 9.63. The zero-order valence-corrected chi connectivity index (χ0v) is 21.7. The fourth-order valence-corrected chi connectivity index (χ4v) is 8.28. The van der Waals surface area contributed by atoms with Gasteiger partial charge in [-0.1, -0.05) is 23.5 Å². The van der Waals surface area contributed by atoms with Crippen LogP contribution in [0.2, 0.25) is 0 Å². The number of carbonyl (C=O) groups is 1. The predicted molar refractivity (Wildman–Crippen MR) is 143 cm³/mol. The number of thiophene rings is 1. The van der Waals surface area contributed by atoms with Gasteiger partial charge < -0.3 is 20.1 Å². The highest BCUT2D eigenvalue weighted by molar-refractivity contribution is 7.21. The van der Waals surface area contributed by atoms with Gasteiger partial charge in [0.2, 0.25) is 0 Å². The average Bonchev–Trinajstić information content (AvgIpc) is 3.36. The molecule has 1 atom stereocenters. The first-order valence-corrected chi connectivity index (χ1v) is 13.6. The molecule has 0 saturated carbocycles. The molecule has 9 heteroatoms. The van der Waals surface area contributed by atoms with Crippen LogP contribution in [0, 0.1) is 11.3 Å². The number of rotatable bonds is 3. The molecule has 1 aromatic carbocycles. The molecule has 37 heavy (non-hydrogen) atoms. The molecule has 0 amide bonds. The van der Waals surface area contributed by atoms with E-state index in [2.05, 4.69) is 15.9 Å². The smallest absolute Gasteiger partial charge is 0.164 e. The Morgan fingerprint density at radius 1 is 1.16 bits per heavy atom. The van der Waals surface area contributed by atoms with Gasteiger partial charge in [-0.3, -0.25) is 9.69 Å². The summed E-state index contributed by atoms with van der Waals surface area (Å²) in [5.74, 6) is 2.01. The molecule has 188 valence electrons. The van der Waals surface area contributed by atoms with E-state index in [1.54, 1.807) is 25.6 Å². The van der Waals surface area contributed by atoms with Crippen LogP contribution < -0.4 is 25.0 Å². The number of piperidine rings is 1. The standard InChI is InChI=1S/C28H27N5O3S/c1-35-19-8-3-5-15(24(19)36-2)21-16(13-29)26-31-25(30)23-20-14-9-11-32(12-10-14)27(20)37-28(23)33(26)17-6-4-7-18(34)22(17)21/h3,5,8,14,21H,4,6-7,9-12H2,1-2H3,(H2,30,31)/t21-/m0/s1. The molecular weight excluding hydrogens is 486 g/mol. The van der Waals surface area contributed by atoms with Crippen molar-refractivity contribution >= 4 is 33.0 Å². The number of allylic oxidation sites excluding steroid dienone is 3. The van der Waals surface area contributed by atoms with Crippen LogP contribution >= 0.6 is 11.3 Å². The highest BCUT2D eigenvalue weighted by Crippen LogP contribution is 2.58. The van der Waals surface area contributed by atoms with Crippen molar-refractivity contribution in [2.24, 2.45) is 10.7 Å². The zero-order valence-electron chi connectivity index (χ0n) is 20.8. The van der Waals surface area contributed by atoms with Gasteiger partial charge in [0.1, 0.15) is 10.8 Å². The lowest BCUT2D eigenvalue weighted by Crippen LogP contribution is -2.40. The first-order chi connectivity index (χ1) is 18.1. The van der Waals surface area contributed by atoms with E-state index in [4.69, 9.17) is 20.2 Å². The molecule has 0 unspecified atom stereocenters. The first-order valence-electron chi connectivity index (χ1n) is 12.7. The maximum atomic E-state index is 13.6. The van der Waals surface area contributed by atoms with Gasteiger partial charge in [0.15, 0.2) is 23.1 Å².